The highest BCUT2D eigenvalue weighted by Crippen LogP contribution is 2.16. The number of likely N-dealkylation sites (tertiary alicyclic amines) is 1. The zero-order chi connectivity index (χ0) is 11.8. The third kappa shape index (κ3) is 3.98. The van der Waals surface area contributed by atoms with Crippen LogP contribution in [0.5, 0.6) is 0 Å². The van der Waals surface area contributed by atoms with Gasteiger partial charge in [-0.2, -0.15) is 0 Å². The molecule has 0 saturated carbocycles. The van der Waals surface area contributed by atoms with Crippen LogP contribution in [0.25, 0.3) is 0 Å². The van der Waals surface area contributed by atoms with E-state index < -0.39 is 0 Å². The molecule has 16 heavy (non-hydrogen) atoms. The van der Waals surface area contributed by atoms with Gasteiger partial charge in [0.15, 0.2) is 5.84 Å². The van der Waals surface area contributed by atoms with Crippen LogP contribution in [-0.2, 0) is 4.74 Å². The van der Waals surface area contributed by atoms with E-state index in [0.29, 0.717) is 5.84 Å². The number of piperidine rings is 1. The summed E-state index contributed by atoms with van der Waals surface area (Å²) in [6.07, 6.45) is 4.35. The third-order valence-electron chi connectivity index (χ3n) is 2.94. The molecule has 0 aromatic carbocycles. The number of rotatable bonds is 6. The smallest absolute Gasteiger partial charge is 0.156 e. The van der Waals surface area contributed by atoms with Gasteiger partial charge in [0.2, 0.25) is 0 Å². The van der Waals surface area contributed by atoms with E-state index in [-0.39, 0.29) is 6.04 Å². The van der Waals surface area contributed by atoms with Crippen LogP contribution in [0.3, 0.4) is 0 Å². The maximum absolute atomic E-state index is 8.72. The quantitative estimate of drug-likeness (QED) is 0.234. The molecule has 1 heterocycles. The van der Waals surface area contributed by atoms with Crippen LogP contribution in [0.1, 0.15) is 32.6 Å². The van der Waals surface area contributed by atoms with Crippen LogP contribution < -0.4 is 5.73 Å². The van der Waals surface area contributed by atoms with Gasteiger partial charge in [0.1, 0.15) is 0 Å². The summed E-state index contributed by atoms with van der Waals surface area (Å²) in [6.45, 7) is 5.50. The molecule has 1 aliphatic rings. The molecule has 0 aliphatic carbocycles. The monoisotopic (exact) mass is 229 g/mol. The Hall–Kier alpha value is -0.810. The Kier molecular flexibility index (Phi) is 6.18. The van der Waals surface area contributed by atoms with E-state index >= 15 is 0 Å². The summed E-state index contributed by atoms with van der Waals surface area (Å²) in [5.74, 6) is 0.329. The molecule has 0 radical (unpaired) electrons. The lowest BCUT2D eigenvalue weighted by atomic mass is 10.0. The number of oxime groups is 1. The summed E-state index contributed by atoms with van der Waals surface area (Å²) in [4.78, 5) is 2.24. The molecule has 0 aromatic rings. The van der Waals surface area contributed by atoms with Crippen LogP contribution >= 0.6 is 0 Å². The Balaban J connectivity index is 2.35. The highest BCUT2D eigenvalue weighted by atomic mass is 16.5. The van der Waals surface area contributed by atoms with Gasteiger partial charge < -0.3 is 15.7 Å². The molecule has 1 aliphatic heterocycles. The van der Waals surface area contributed by atoms with Gasteiger partial charge in [0.05, 0.1) is 12.6 Å². The largest absolute Gasteiger partial charge is 0.409 e. The molecule has 1 atom stereocenters. The molecule has 0 amide bonds. The molecule has 0 aromatic heterocycles. The van der Waals surface area contributed by atoms with Crippen molar-refractivity contribution in [1.82, 2.24) is 4.90 Å². The van der Waals surface area contributed by atoms with Crippen molar-refractivity contribution in [3.05, 3.63) is 0 Å². The molecule has 0 bridgehead atoms. The molecule has 1 saturated heterocycles. The Morgan fingerprint density at radius 2 is 2.31 bits per heavy atom. The molecule has 5 heteroatoms. The van der Waals surface area contributed by atoms with E-state index in [1.165, 1.54) is 6.42 Å². The van der Waals surface area contributed by atoms with Crippen molar-refractivity contribution in [2.24, 2.45) is 10.9 Å². The van der Waals surface area contributed by atoms with Gasteiger partial charge in [-0.3, -0.25) is 4.90 Å². The van der Waals surface area contributed by atoms with Gasteiger partial charge in [-0.05, 0) is 25.8 Å². The highest BCUT2D eigenvalue weighted by Gasteiger charge is 2.25. The predicted octanol–water partition coefficient (Wildman–Crippen LogP) is 1.01. The number of hydrogen-bond donors (Lipinski definition) is 2. The fourth-order valence-electron chi connectivity index (χ4n) is 2.09. The van der Waals surface area contributed by atoms with Crippen molar-refractivity contribution >= 4 is 5.84 Å². The van der Waals surface area contributed by atoms with Crippen molar-refractivity contribution in [2.45, 2.75) is 38.6 Å². The van der Waals surface area contributed by atoms with Gasteiger partial charge in [-0.15, -0.1) is 0 Å². The first-order valence-electron chi connectivity index (χ1n) is 6.08. The maximum atomic E-state index is 8.72. The lowest BCUT2D eigenvalue weighted by Crippen LogP contribution is -2.48. The van der Waals surface area contributed by atoms with Gasteiger partial charge >= 0.3 is 0 Å². The molecule has 5 nitrogen and oxygen atoms in total. The van der Waals surface area contributed by atoms with Crippen LogP contribution in [0.2, 0.25) is 0 Å². The Morgan fingerprint density at radius 3 is 3.00 bits per heavy atom. The summed E-state index contributed by atoms with van der Waals surface area (Å²) >= 11 is 0. The molecule has 1 fully saturated rings. The van der Waals surface area contributed by atoms with E-state index in [9.17, 15) is 0 Å². The van der Waals surface area contributed by atoms with Gasteiger partial charge in [0, 0.05) is 13.2 Å². The van der Waals surface area contributed by atoms with Gasteiger partial charge in [0.25, 0.3) is 0 Å². The fraction of sp³-hybridized carbons (Fsp3) is 0.909. The minimum Gasteiger partial charge on any atom is -0.409 e. The van der Waals surface area contributed by atoms with Crippen molar-refractivity contribution in [1.29, 1.82) is 0 Å². The van der Waals surface area contributed by atoms with Crippen LogP contribution in [-0.4, -0.2) is 48.3 Å². The maximum Gasteiger partial charge on any atom is 0.156 e. The average Bonchev–Trinajstić information content (AvgIpc) is 2.34. The number of hydrogen-bond acceptors (Lipinski definition) is 4. The number of amidine groups is 1. The van der Waals surface area contributed by atoms with E-state index in [4.69, 9.17) is 15.7 Å². The lowest BCUT2D eigenvalue weighted by Gasteiger charge is -2.34. The zero-order valence-electron chi connectivity index (χ0n) is 10.1. The topological polar surface area (TPSA) is 71.1 Å². The van der Waals surface area contributed by atoms with Crippen LogP contribution in [0, 0.1) is 0 Å². The summed E-state index contributed by atoms with van der Waals surface area (Å²) in [5.41, 5.74) is 5.69. The Bertz CT molecular complexity index is 221. The van der Waals surface area contributed by atoms with Crippen LogP contribution in [0.4, 0.5) is 0 Å². The average molecular weight is 229 g/mol. The number of nitrogens with two attached hydrogens (primary N) is 1. The van der Waals surface area contributed by atoms with Crippen molar-refractivity contribution < 1.29 is 9.94 Å². The van der Waals surface area contributed by atoms with E-state index in [0.717, 1.165) is 45.6 Å². The first-order chi connectivity index (χ1) is 7.79. The Labute approximate surface area is 97.2 Å². The minimum absolute atomic E-state index is 0.0870. The second-order valence-electron chi connectivity index (χ2n) is 4.18. The fourth-order valence-corrected chi connectivity index (χ4v) is 2.09. The van der Waals surface area contributed by atoms with Crippen molar-refractivity contribution in [2.75, 3.05) is 26.3 Å². The summed E-state index contributed by atoms with van der Waals surface area (Å²) in [6, 6.07) is 0.0870. The molecular weight excluding hydrogens is 206 g/mol. The molecular formula is C11H23N3O2. The highest BCUT2D eigenvalue weighted by molar-refractivity contribution is 5.85. The first-order valence-corrected chi connectivity index (χ1v) is 6.08. The summed E-state index contributed by atoms with van der Waals surface area (Å²) < 4.78 is 5.46. The predicted molar refractivity (Wildman–Crippen MR) is 63.7 cm³/mol. The molecule has 0 spiro atoms. The number of ether oxygens (including phenoxy) is 1. The second kappa shape index (κ2) is 7.46. The van der Waals surface area contributed by atoms with E-state index in [1.54, 1.807) is 0 Å². The molecule has 3 N–H and O–H groups in total. The SMILES string of the molecule is CCCOCCN1CCCCC1C(N)=NO. The first kappa shape index (κ1) is 13.3. The van der Waals surface area contributed by atoms with E-state index in [1.807, 2.05) is 0 Å². The normalized spacial score (nSPS) is 23.6. The molecule has 1 unspecified atom stereocenters. The second-order valence-corrected chi connectivity index (χ2v) is 4.18. The van der Waals surface area contributed by atoms with Crippen LogP contribution in [0.15, 0.2) is 5.16 Å². The van der Waals surface area contributed by atoms with Gasteiger partial charge in [-0.25, -0.2) is 0 Å². The molecule has 94 valence electrons. The zero-order valence-corrected chi connectivity index (χ0v) is 10.1. The van der Waals surface area contributed by atoms with E-state index in [2.05, 4.69) is 17.0 Å². The van der Waals surface area contributed by atoms with Crippen molar-refractivity contribution in [3.8, 4) is 0 Å². The number of nitrogens with zero attached hydrogens (tertiary/aromatic N) is 2. The minimum atomic E-state index is 0.0870. The standard InChI is InChI=1S/C11H23N3O2/c1-2-8-16-9-7-14-6-4-3-5-10(14)11(12)13-15/h10,15H,2-9H2,1H3,(H2,12,13). The molecule has 1 rings (SSSR count). The Morgan fingerprint density at radius 1 is 1.50 bits per heavy atom. The van der Waals surface area contributed by atoms with Crippen molar-refractivity contribution in [3.63, 3.8) is 0 Å². The summed E-state index contributed by atoms with van der Waals surface area (Å²) in [7, 11) is 0. The summed E-state index contributed by atoms with van der Waals surface area (Å²) in [5, 5.41) is 11.8. The van der Waals surface area contributed by atoms with Gasteiger partial charge in [-0.1, -0.05) is 18.5 Å². The lowest BCUT2D eigenvalue weighted by molar-refractivity contribution is 0.0862. The third-order valence-corrected chi connectivity index (χ3v) is 2.94.